The van der Waals surface area contributed by atoms with Crippen LogP contribution in [0.4, 0.5) is 0 Å². The molecule has 0 saturated carbocycles. The van der Waals surface area contributed by atoms with Gasteiger partial charge in [-0.05, 0) is 12.0 Å². The Morgan fingerprint density at radius 2 is 2.00 bits per heavy atom. The summed E-state index contributed by atoms with van der Waals surface area (Å²) < 4.78 is 5.16. The summed E-state index contributed by atoms with van der Waals surface area (Å²) in [5.41, 5.74) is 0.870. The molecule has 0 radical (unpaired) electrons. The molecular weight excluding hydrogens is 246 g/mol. The van der Waals surface area contributed by atoms with Gasteiger partial charge in [0.05, 0.1) is 0 Å². The van der Waals surface area contributed by atoms with Crippen molar-refractivity contribution >= 4 is 17.8 Å². The lowest BCUT2D eigenvalue weighted by atomic mass is 10.2. The number of carbonyl (C=O) groups is 3. The van der Waals surface area contributed by atoms with Crippen LogP contribution in [0.5, 0.6) is 0 Å². The molecule has 5 nitrogen and oxygen atoms in total. The maximum atomic E-state index is 11.9. The second-order valence-electron chi connectivity index (χ2n) is 4.43. The Balaban J connectivity index is 1.96. The number of ether oxygens (including phenoxy) is 1. The molecule has 2 amide bonds. The summed E-state index contributed by atoms with van der Waals surface area (Å²) >= 11 is 0. The van der Waals surface area contributed by atoms with Crippen LogP contribution in [0.1, 0.15) is 25.3 Å². The number of hydrogen-bond donors (Lipinski definition) is 0. The van der Waals surface area contributed by atoms with Gasteiger partial charge in [-0.25, -0.2) is 4.79 Å². The number of nitrogens with zero attached hydrogens (tertiary/aromatic N) is 1. The van der Waals surface area contributed by atoms with E-state index < -0.39 is 17.9 Å². The number of hydrogen-bond acceptors (Lipinski definition) is 4. The SMILES string of the molecule is CC(=O)N1C(=O)CCC1C(=O)OCc1ccccc1. The van der Waals surface area contributed by atoms with Gasteiger partial charge in [0.15, 0.2) is 0 Å². The largest absolute Gasteiger partial charge is 0.459 e. The molecule has 1 saturated heterocycles. The van der Waals surface area contributed by atoms with Crippen LogP contribution in [0.2, 0.25) is 0 Å². The van der Waals surface area contributed by atoms with Gasteiger partial charge < -0.3 is 4.74 Å². The highest BCUT2D eigenvalue weighted by Crippen LogP contribution is 2.20. The molecule has 0 aliphatic carbocycles. The molecule has 1 aromatic carbocycles. The number of likely N-dealkylation sites (tertiary alicyclic amines) is 1. The summed E-state index contributed by atoms with van der Waals surface area (Å²) in [6, 6.07) is 8.49. The van der Waals surface area contributed by atoms with E-state index in [1.165, 1.54) is 6.92 Å². The van der Waals surface area contributed by atoms with E-state index in [0.29, 0.717) is 6.42 Å². The Bertz CT molecular complexity index is 497. The van der Waals surface area contributed by atoms with Gasteiger partial charge in [0, 0.05) is 13.3 Å². The van der Waals surface area contributed by atoms with Crippen molar-refractivity contribution in [3.05, 3.63) is 35.9 Å². The van der Waals surface area contributed by atoms with Crippen LogP contribution in [-0.2, 0) is 25.7 Å². The minimum absolute atomic E-state index is 0.149. The average molecular weight is 261 g/mol. The number of imide groups is 1. The van der Waals surface area contributed by atoms with Crippen molar-refractivity contribution in [3.63, 3.8) is 0 Å². The molecule has 0 bridgehead atoms. The Hall–Kier alpha value is -2.17. The Morgan fingerprint density at radius 3 is 2.63 bits per heavy atom. The van der Waals surface area contributed by atoms with Gasteiger partial charge in [-0.15, -0.1) is 0 Å². The fourth-order valence-electron chi connectivity index (χ4n) is 2.13. The van der Waals surface area contributed by atoms with Crippen LogP contribution in [0.3, 0.4) is 0 Å². The van der Waals surface area contributed by atoms with Gasteiger partial charge in [-0.2, -0.15) is 0 Å². The van der Waals surface area contributed by atoms with E-state index in [1.54, 1.807) is 0 Å². The summed E-state index contributed by atoms with van der Waals surface area (Å²) in [5.74, 6) is -1.25. The smallest absolute Gasteiger partial charge is 0.329 e. The van der Waals surface area contributed by atoms with Crippen molar-refractivity contribution in [1.82, 2.24) is 4.90 Å². The van der Waals surface area contributed by atoms with Crippen LogP contribution >= 0.6 is 0 Å². The summed E-state index contributed by atoms with van der Waals surface area (Å²) in [5, 5.41) is 0. The highest BCUT2D eigenvalue weighted by atomic mass is 16.5. The van der Waals surface area contributed by atoms with Gasteiger partial charge >= 0.3 is 5.97 Å². The quantitative estimate of drug-likeness (QED) is 0.769. The highest BCUT2D eigenvalue weighted by molar-refractivity contribution is 6.00. The molecule has 1 aromatic rings. The lowest BCUT2D eigenvalue weighted by Crippen LogP contribution is -2.42. The zero-order valence-corrected chi connectivity index (χ0v) is 10.7. The average Bonchev–Trinajstić information content (AvgIpc) is 2.79. The number of benzene rings is 1. The van der Waals surface area contributed by atoms with E-state index in [-0.39, 0.29) is 18.9 Å². The molecule has 1 heterocycles. The molecule has 1 aliphatic heterocycles. The van der Waals surface area contributed by atoms with Crippen LogP contribution in [0.15, 0.2) is 30.3 Å². The zero-order chi connectivity index (χ0) is 13.8. The molecule has 1 atom stereocenters. The highest BCUT2D eigenvalue weighted by Gasteiger charge is 2.39. The first kappa shape index (κ1) is 13.3. The van der Waals surface area contributed by atoms with Gasteiger partial charge in [0.1, 0.15) is 12.6 Å². The minimum atomic E-state index is -0.770. The fraction of sp³-hybridized carbons (Fsp3) is 0.357. The second kappa shape index (κ2) is 5.65. The van der Waals surface area contributed by atoms with Crippen LogP contribution in [0, 0.1) is 0 Å². The van der Waals surface area contributed by atoms with Crippen molar-refractivity contribution in [3.8, 4) is 0 Å². The van der Waals surface area contributed by atoms with Crippen molar-refractivity contribution in [1.29, 1.82) is 0 Å². The third kappa shape index (κ3) is 2.99. The van der Waals surface area contributed by atoms with Crippen molar-refractivity contribution < 1.29 is 19.1 Å². The van der Waals surface area contributed by atoms with E-state index >= 15 is 0 Å². The summed E-state index contributed by atoms with van der Waals surface area (Å²) in [7, 11) is 0. The molecule has 0 aromatic heterocycles. The third-order valence-corrected chi connectivity index (χ3v) is 3.05. The van der Waals surface area contributed by atoms with E-state index in [4.69, 9.17) is 4.74 Å². The normalized spacial score (nSPS) is 18.5. The van der Waals surface area contributed by atoms with Gasteiger partial charge in [0.2, 0.25) is 11.8 Å². The van der Waals surface area contributed by atoms with Gasteiger partial charge in [-0.3, -0.25) is 14.5 Å². The monoisotopic (exact) mass is 261 g/mol. The van der Waals surface area contributed by atoms with E-state index in [0.717, 1.165) is 10.5 Å². The summed E-state index contributed by atoms with van der Waals surface area (Å²) in [6.07, 6.45) is 0.552. The molecule has 0 spiro atoms. The number of amides is 2. The minimum Gasteiger partial charge on any atom is -0.459 e. The predicted molar refractivity (Wildman–Crippen MR) is 66.8 cm³/mol. The standard InChI is InChI=1S/C14H15NO4/c1-10(16)15-12(7-8-13(15)17)14(18)19-9-11-5-3-2-4-6-11/h2-6,12H,7-9H2,1H3. The molecule has 5 heteroatoms. The number of esters is 1. The first-order valence-electron chi connectivity index (χ1n) is 6.13. The topological polar surface area (TPSA) is 63.7 Å². The van der Waals surface area contributed by atoms with Crippen molar-refractivity contribution in [2.45, 2.75) is 32.4 Å². The van der Waals surface area contributed by atoms with Crippen molar-refractivity contribution in [2.24, 2.45) is 0 Å². The molecule has 19 heavy (non-hydrogen) atoms. The Morgan fingerprint density at radius 1 is 1.32 bits per heavy atom. The summed E-state index contributed by atoms with van der Waals surface area (Å²) in [4.78, 5) is 35.7. The maximum Gasteiger partial charge on any atom is 0.329 e. The lowest BCUT2D eigenvalue weighted by Gasteiger charge is -2.19. The first-order valence-corrected chi connectivity index (χ1v) is 6.13. The van der Waals surface area contributed by atoms with E-state index in [2.05, 4.69) is 0 Å². The molecule has 1 fully saturated rings. The molecule has 100 valence electrons. The van der Waals surface area contributed by atoms with Gasteiger partial charge in [0.25, 0.3) is 0 Å². The van der Waals surface area contributed by atoms with Crippen molar-refractivity contribution in [2.75, 3.05) is 0 Å². The van der Waals surface area contributed by atoms with Gasteiger partial charge in [-0.1, -0.05) is 30.3 Å². The molecule has 0 N–H and O–H groups in total. The molecule has 1 unspecified atom stereocenters. The van der Waals surface area contributed by atoms with Crippen LogP contribution < -0.4 is 0 Å². The molecule has 2 rings (SSSR count). The fourth-order valence-corrected chi connectivity index (χ4v) is 2.13. The number of rotatable bonds is 3. The Labute approximate surface area is 111 Å². The zero-order valence-electron chi connectivity index (χ0n) is 10.7. The molecule has 1 aliphatic rings. The second-order valence-corrected chi connectivity index (χ2v) is 4.43. The first-order chi connectivity index (χ1) is 9.09. The lowest BCUT2D eigenvalue weighted by molar-refractivity contribution is -0.157. The predicted octanol–water partition coefficient (Wildman–Crippen LogP) is 1.27. The van der Waals surface area contributed by atoms with E-state index in [9.17, 15) is 14.4 Å². The summed E-state index contributed by atoms with van der Waals surface area (Å²) in [6.45, 7) is 1.43. The molecular formula is C14H15NO4. The third-order valence-electron chi connectivity index (χ3n) is 3.05. The van der Waals surface area contributed by atoms with Crippen LogP contribution in [0.25, 0.3) is 0 Å². The van der Waals surface area contributed by atoms with Crippen LogP contribution in [-0.4, -0.2) is 28.7 Å². The van der Waals surface area contributed by atoms with E-state index in [1.807, 2.05) is 30.3 Å². The maximum absolute atomic E-state index is 11.9. The number of carbonyl (C=O) groups excluding carboxylic acids is 3. The Kier molecular flexibility index (Phi) is 3.94.